The zero-order chi connectivity index (χ0) is 25.0. The second kappa shape index (κ2) is 15.8. The summed E-state index contributed by atoms with van der Waals surface area (Å²) in [7, 11) is 0. The molecule has 0 atom stereocenters. The van der Waals surface area contributed by atoms with E-state index in [1.807, 2.05) is 24.3 Å². The Morgan fingerprint density at radius 1 is 1.06 bits per heavy atom. The van der Waals surface area contributed by atoms with Crippen molar-refractivity contribution in [1.82, 2.24) is 4.90 Å². The first kappa shape index (κ1) is 30.0. The standard InChI is InChI=1S/C25H31Cl2N3O5.ClH/c26-21-8-3-9-22(27)25(21)28-23-10-2-1-7-20(23)18-24(31)34-16-5-13-29-14-11-19(12-15-29)6-4-17-35-30(32)33;/h1-3,7-10,19,28H,4-6,11-18H2;1H. The summed E-state index contributed by atoms with van der Waals surface area (Å²) in [5.41, 5.74) is 2.16. The molecule has 2 aromatic carbocycles. The third kappa shape index (κ3) is 10.0. The molecular formula is C25H32Cl3N3O5. The highest BCUT2D eigenvalue weighted by Gasteiger charge is 2.19. The molecule has 3 rings (SSSR count). The summed E-state index contributed by atoms with van der Waals surface area (Å²) in [4.78, 5) is 29.4. The summed E-state index contributed by atoms with van der Waals surface area (Å²) in [6, 6.07) is 12.8. The molecule has 0 bridgehead atoms. The highest BCUT2D eigenvalue weighted by Crippen LogP contribution is 2.33. The Hall–Kier alpha value is -2.26. The van der Waals surface area contributed by atoms with Crippen LogP contribution in [0.4, 0.5) is 11.4 Å². The molecule has 36 heavy (non-hydrogen) atoms. The highest BCUT2D eigenvalue weighted by molar-refractivity contribution is 6.39. The number of nitrogens with one attached hydrogen (secondary N) is 1. The first-order valence-electron chi connectivity index (χ1n) is 11.9. The summed E-state index contributed by atoms with van der Waals surface area (Å²) < 4.78 is 5.48. The Labute approximate surface area is 227 Å². The Balaban J connectivity index is 0.00000456. The van der Waals surface area contributed by atoms with Gasteiger partial charge in [-0.1, -0.05) is 47.5 Å². The molecule has 2 aromatic rings. The summed E-state index contributed by atoms with van der Waals surface area (Å²) in [6.07, 6.45) is 4.76. The quantitative estimate of drug-likeness (QED) is 0.132. The van der Waals surface area contributed by atoms with E-state index in [1.165, 1.54) is 0 Å². The Bertz CT molecular complexity index is 967. The van der Waals surface area contributed by atoms with E-state index in [0.29, 0.717) is 34.7 Å². The van der Waals surface area contributed by atoms with Crippen LogP contribution in [0, 0.1) is 16.0 Å². The lowest BCUT2D eigenvalue weighted by Gasteiger charge is -2.31. The Morgan fingerprint density at radius 3 is 2.44 bits per heavy atom. The maximum absolute atomic E-state index is 12.4. The number of carbonyl (C=O) groups is 1. The molecule has 1 heterocycles. The number of likely N-dealkylation sites (tertiary alicyclic amines) is 1. The number of esters is 1. The van der Waals surface area contributed by atoms with Gasteiger partial charge in [0.25, 0.3) is 5.09 Å². The van der Waals surface area contributed by atoms with Gasteiger partial charge in [-0.3, -0.25) is 4.79 Å². The molecule has 0 amide bonds. The Morgan fingerprint density at radius 2 is 1.75 bits per heavy atom. The molecule has 0 saturated carbocycles. The van der Waals surface area contributed by atoms with Gasteiger partial charge >= 0.3 is 5.97 Å². The largest absolute Gasteiger partial charge is 0.465 e. The van der Waals surface area contributed by atoms with Crippen LogP contribution in [0.2, 0.25) is 10.0 Å². The van der Waals surface area contributed by atoms with Gasteiger partial charge in [0, 0.05) is 12.2 Å². The van der Waals surface area contributed by atoms with Crippen LogP contribution in [0.15, 0.2) is 42.5 Å². The molecule has 0 unspecified atom stereocenters. The second-order valence-electron chi connectivity index (χ2n) is 8.61. The zero-order valence-electron chi connectivity index (χ0n) is 20.0. The van der Waals surface area contributed by atoms with Gasteiger partial charge in [-0.25, -0.2) is 0 Å². The molecule has 198 valence electrons. The van der Waals surface area contributed by atoms with Crippen molar-refractivity contribution in [3.05, 3.63) is 68.2 Å². The molecule has 0 aliphatic carbocycles. The average molecular weight is 561 g/mol. The van der Waals surface area contributed by atoms with Gasteiger partial charge in [-0.15, -0.1) is 22.5 Å². The number of hydrogen-bond donors (Lipinski definition) is 1. The van der Waals surface area contributed by atoms with Crippen LogP contribution in [0.3, 0.4) is 0 Å². The van der Waals surface area contributed by atoms with Crippen molar-refractivity contribution in [2.24, 2.45) is 5.92 Å². The second-order valence-corrected chi connectivity index (χ2v) is 9.43. The lowest BCUT2D eigenvalue weighted by atomic mass is 9.92. The van der Waals surface area contributed by atoms with Crippen LogP contribution >= 0.6 is 35.6 Å². The van der Waals surface area contributed by atoms with Gasteiger partial charge in [-0.05, 0) is 74.9 Å². The molecule has 11 heteroatoms. The van der Waals surface area contributed by atoms with Crippen LogP contribution in [-0.4, -0.2) is 48.8 Å². The smallest absolute Gasteiger partial charge is 0.310 e. The van der Waals surface area contributed by atoms with Crippen LogP contribution in [-0.2, 0) is 20.8 Å². The molecule has 8 nitrogen and oxygen atoms in total. The van der Waals surface area contributed by atoms with Crippen LogP contribution in [0.5, 0.6) is 0 Å². The minimum absolute atomic E-state index is 0. The molecule has 1 fully saturated rings. The van der Waals surface area contributed by atoms with Gasteiger partial charge < -0.3 is 19.8 Å². The Kier molecular flexibility index (Phi) is 13.1. The number of halogens is 3. The van der Waals surface area contributed by atoms with E-state index in [1.54, 1.807) is 18.2 Å². The number of benzene rings is 2. The fourth-order valence-electron chi connectivity index (χ4n) is 4.24. The van der Waals surface area contributed by atoms with Gasteiger partial charge in [0.2, 0.25) is 0 Å². The first-order chi connectivity index (χ1) is 16.9. The predicted octanol–water partition coefficient (Wildman–Crippen LogP) is 6.34. The van der Waals surface area contributed by atoms with Crippen molar-refractivity contribution < 1.29 is 19.5 Å². The molecule has 0 radical (unpaired) electrons. The molecule has 0 aromatic heterocycles. The van der Waals surface area contributed by atoms with Crippen molar-refractivity contribution in [2.45, 2.75) is 38.5 Å². The van der Waals surface area contributed by atoms with Crippen LogP contribution in [0.25, 0.3) is 0 Å². The number of nitrogens with zero attached hydrogens (tertiary/aromatic N) is 2. The van der Waals surface area contributed by atoms with Crippen LogP contribution < -0.4 is 5.32 Å². The first-order valence-corrected chi connectivity index (χ1v) is 12.6. The van der Waals surface area contributed by atoms with Crippen molar-refractivity contribution in [2.75, 3.05) is 38.2 Å². The fraction of sp³-hybridized carbons (Fsp3) is 0.480. The van der Waals surface area contributed by atoms with Gasteiger partial charge in [0.05, 0.1) is 35.4 Å². The number of carbonyl (C=O) groups excluding carboxylic acids is 1. The predicted molar refractivity (Wildman–Crippen MR) is 144 cm³/mol. The lowest BCUT2D eigenvalue weighted by molar-refractivity contribution is -0.757. The van der Waals surface area contributed by atoms with Crippen molar-refractivity contribution in [1.29, 1.82) is 0 Å². The maximum atomic E-state index is 12.4. The number of rotatable bonds is 13. The molecule has 1 aliphatic rings. The van der Waals surface area contributed by atoms with Crippen molar-refractivity contribution in [3.63, 3.8) is 0 Å². The highest BCUT2D eigenvalue weighted by atomic mass is 35.5. The summed E-state index contributed by atoms with van der Waals surface area (Å²) >= 11 is 12.5. The summed E-state index contributed by atoms with van der Waals surface area (Å²) in [5, 5.41) is 13.7. The van der Waals surface area contributed by atoms with Crippen molar-refractivity contribution in [3.8, 4) is 0 Å². The minimum atomic E-state index is -0.734. The molecule has 1 N–H and O–H groups in total. The van der Waals surface area contributed by atoms with Gasteiger partial charge in [-0.2, -0.15) is 0 Å². The fourth-order valence-corrected chi connectivity index (χ4v) is 4.73. The van der Waals surface area contributed by atoms with E-state index >= 15 is 0 Å². The van der Waals surface area contributed by atoms with E-state index < -0.39 is 5.09 Å². The normalized spacial score (nSPS) is 14.1. The average Bonchev–Trinajstić information content (AvgIpc) is 2.84. The number of ether oxygens (including phenoxy) is 1. The monoisotopic (exact) mass is 559 g/mol. The van der Waals surface area contributed by atoms with E-state index in [0.717, 1.165) is 56.6 Å². The topological polar surface area (TPSA) is 93.9 Å². The third-order valence-corrected chi connectivity index (χ3v) is 6.75. The van der Waals surface area contributed by atoms with E-state index in [9.17, 15) is 14.9 Å². The number of hydrogen-bond acceptors (Lipinski definition) is 7. The van der Waals surface area contributed by atoms with Crippen molar-refractivity contribution >= 4 is 53.0 Å². The SMILES string of the molecule is Cl.O=C(Cc1ccccc1Nc1c(Cl)cccc1Cl)OCCCN1CCC(CCCO[N+](=O)[O-])CC1. The lowest BCUT2D eigenvalue weighted by Crippen LogP contribution is -2.35. The molecule has 1 aliphatic heterocycles. The van der Waals surface area contributed by atoms with Gasteiger partial charge in [0.1, 0.15) is 0 Å². The van der Waals surface area contributed by atoms with E-state index in [4.69, 9.17) is 27.9 Å². The number of piperidine rings is 1. The number of anilines is 2. The van der Waals surface area contributed by atoms with E-state index in [2.05, 4.69) is 15.1 Å². The molecule has 0 spiro atoms. The summed E-state index contributed by atoms with van der Waals surface area (Å²) in [6.45, 7) is 3.43. The third-order valence-electron chi connectivity index (χ3n) is 6.12. The molecule has 1 saturated heterocycles. The number of para-hydroxylation sites is 2. The van der Waals surface area contributed by atoms with Gasteiger partial charge in [0.15, 0.2) is 0 Å². The summed E-state index contributed by atoms with van der Waals surface area (Å²) in [5.74, 6) is 0.314. The van der Waals surface area contributed by atoms with Crippen LogP contribution in [0.1, 0.15) is 37.7 Å². The molecular weight excluding hydrogens is 529 g/mol. The van der Waals surface area contributed by atoms with E-state index in [-0.39, 0.29) is 31.4 Å². The zero-order valence-corrected chi connectivity index (χ0v) is 22.3. The maximum Gasteiger partial charge on any atom is 0.310 e. The minimum Gasteiger partial charge on any atom is -0.465 e.